The molecule has 0 saturated heterocycles. The van der Waals surface area contributed by atoms with Gasteiger partial charge in [-0.25, -0.2) is 9.78 Å². The Labute approximate surface area is 102 Å². The summed E-state index contributed by atoms with van der Waals surface area (Å²) >= 11 is 1.55. The first kappa shape index (κ1) is 12.0. The Hall–Kier alpha value is -1.50. The molecule has 17 heavy (non-hydrogen) atoms. The molecule has 0 spiro atoms. The SMILES string of the molecule is CCSc1nc2c(=O)n(C)c(=O)n(C)c2n1C. The van der Waals surface area contributed by atoms with Crippen LogP contribution in [0, 0.1) is 0 Å². The summed E-state index contributed by atoms with van der Waals surface area (Å²) in [5.41, 5.74) is 0.224. The predicted octanol–water partition coefficient (Wildman–Crippen LogP) is 0.0827. The van der Waals surface area contributed by atoms with Crippen molar-refractivity contribution in [2.24, 2.45) is 21.1 Å². The lowest BCUT2D eigenvalue weighted by Crippen LogP contribution is -2.37. The highest BCUT2D eigenvalue weighted by Gasteiger charge is 2.16. The first-order valence-electron chi connectivity index (χ1n) is 5.24. The first-order chi connectivity index (χ1) is 7.99. The van der Waals surface area contributed by atoms with Crippen molar-refractivity contribution in [1.29, 1.82) is 0 Å². The Bertz CT molecular complexity index is 695. The number of imidazole rings is 1. The minimum absolute atomic E-state index is 0.335. The lowest BCUT2D eigenvalue weighted by Gasteiger charge is -2.05. The smallest absolute Gasteiger partial charge is 0.308 e. The fourth-order valence-electron chi connectivity index (χ4n) is 1.82. The van der Waals surface area contributed by atoms with Crippen molar-refractivity contribution < 1.29 is 0 Å². The maximum absolute atomic E-state index is 11.9. The molecule has 2 aromatic rings. The average molecular weight is 254 g/mol. The van der Waals surface area contributed by atoms with Crippen LogP contribution in [-0.2, 0) is 21.1 Å². The Kier molecular flexibility index (Phi) is 2.86. The molecule has 0 fully saturated rings. The highest BCUT2D eigenvalue weighted by molar-refractivity contribution is 7.99. The number of hydrogen-bond acceptors (Lipinski definition) is 4. The van der Waals surface area contributed by atoms with Gasteiger partial charge in [0.15, 0.2) is 16.3 Å². The van der Waals surface area contributed by atoms with Crippen molar-refractivity contribution in [1.82, 2.24) is 18.7 Å². The van der Waals surface area contributed by atoms with Gasteiger partial charge in [-0.05, 0) is 5.75 Å². The van der Waals surface area contributed by atoms with Gasteiger partial charge in [0.1, 0.15) is 0 Å². The van der Waals surface area contributed by atoms with Crippen LogP contribution in [0.15, 0.2) is 14.7 Å². The van der Waals surface area contributed by atoms with Crippen LogP contribution in [-0.4, -0.2) is 24.4 Å². The van der Waals surface area contributed by atoms with E-state index in [2.05, 4.69) is 4.98 Å². The van der Waals surface area contributed by atoms with Crippen molar-refractivity contribution in [3.8, 4) is 0 Å². The molecule has 0 aromatic carbocycles. The molecule has 0 bridgehead atoms. The van der Waals surface area contributed by atoms with Gasteiger partial charge >= 0.3 is 5.69 Å². The van der Waals surface area contributed by atoms with Gasteiger partial charge in [-0.15, -0.1) is 0 Å². The van der Waals surface area contributed by atoms with E-state index >= 15 is 0 Å². The van der Waals surface area contributed by atoms with E-state index in [4.69, 9.17) is 0 Å². The molecule has 2 heterocycles. The molecule has 0 aliphatic heterocycles. The normalized spacial score (nSPS) is 11.3. The van der Waals surface area contributed by atoms with Crippen LogP contribution in [0.4, 0.5) is 0 Å². The third-order valence-electron chi connectivity index (χ3n) is 2.70. The Morgan fingerprint density at radius 1 is 1.12 bits per heavy atom. The van der Waals surface area contributed by atoms with Crippen LogP contribution >= 0.6 is 11.8 Å². The van der Waals surface area contributed by atoms with E-state index in [-0.39, 0.29) is 11.2 Å². The fraction of sp³-hybridized carbons (Fsp3) is 0.500. The van der Waals surface area contributed by atoms with Gasteiger partial charge < -0.3 is 4.57 Å². The van der Waals surface area contributed by atoms with Crippen LogP contribution in [0.5, 0.6) is 0 Å². The van der Waals surface area contributed by atoms with Gasteiger partial charge in [-0.3, -0.25) is 13.9 Å². The quantitative estimate of drug-likeness (QED) is 0.712. The largest absolute Gasteiger partial charge is 0.332 e. The van der Waals surface area contributed by atoms with E-state index in [1.807, 2.05) is 14.0 Å². The second-order valence-corrected chi connectivity index (χ2v) is 5.00. The van der Waals surface area contributed by atoms with E-state index in [1.54, 1.807) is 23.4 Å². The molecule has 0 aliphatic rings. The summed E-state index contributed by atoms with van der Waals surface area (Å²) in [6.07, 6.45) is 0. The maximum Gasteiger partial charge on any atom is 0.332 e. The molecule has 92 valence electrons. The molecule has 0 saturated carbocycles. The van der Waals surface area contributed by atoms with Gasteiger partial charge in [0.25, 0.3) is 5.56 Å². The summed E-state index contributed by atoms with van der Waals surface area (Å²) in [5, 5.41) is 0.751. The summed E-state index contributed by atoms with van der Waals surface area (Å²) in [6, 6.07) is 0. The van der Waals surface area contributed by atoms with Crippen LogP contribution in [0.1, 0.15) is 6.92 Å². The van der Waals surface area contributed by atoms with Gasteiger partial charge in [-0.1, -0.05) is 18.7 Å². The number of rotatable bonds is 2. The van der Waals surface area contributed by atoms with E-state index in [0.29, 0.717) is 11.2 Å². The number of nitrogens with zero attached hydrogens (tertiary/aromatic N) is 4. The standard InChI is InChI=1S/C10H14N4O2S/c1-5-17-9-11-6-7(12(9)2)13(3)10(16)14(4)8(6)15/h5H2,1-4H3. The number of hydrogen-bond donors (Lipinski definition) is 0. The Morgan fingerprint density at radius 2 is 1.76 bits per heavy atom. The topological polar surface area (TPSA) is 61.8 Å². The highest BCUT2D eigenvalue weighted by Crippen LogP contribution is 2.19. The van der Waals surface area contributed by atoms with E-state index in [9.17, 15) is 9.59 Å². The van der Waals surface area contributed by atoms with Crippen molar-refractivity contribution in [2.45, 2.75) is 12.1 Å². The lowest BCUT2D eigenvalue weighted by atomic mass is 10.5. The number of aromatic nitrogens is 4. The molecular formula is C10H14N4O2S. The maximum atomic E-state index is 11.9. The lowest BCUT2D eigenvalue weighted by molar-refractivity contribution is 0.690. The van der Waals surface area contributed by atoms with Crippen LogP contribution in [0.2, 0.25) is 0 Å². The summed E-state index contributed by atoms with van der Waals surface area (Å²) in [6.45, 7) is 2.02. The zero-order valence-electron chi connectivity index (χ0n) is 10.2. The second kappa shape index (κ2) is 4.06. The van der Waals surface area contributed by atoms with E-state index in [0.717, 1.165) is 15.5 Å². The van der Waals surface area contributed by atoms with Gasteiger partial charge in [0.2, 0.25) is 0 Å². The third kappa shape index (κ3) is 1.61. The molecule has 0 atom stereocenters. The predicted molar refractivity (Wildman–Crippen MR) is 67.6 cm³/mol. The number of thioether (sulfide) groups is 1. The summed E-state index contributed by atoms with van der Waals surface area (Å²) in [4.78, 5) is 28.0. The molecule has 2 rings (SSSR count). The van der Waals surface area contributed by atoms with Crippen LogP contribution < -0.4 is 11.2 Å². The summed E-state index contributed by atoms with van der Waals surface area (Å²) in [7, 11) is 4.92. The Balaban J connectivity index is 2.97. The summed E-state index contributed by atoms with van der Waals surface area (Å²) < 4.78 is 4.31. The minimum Gasteiger partial charge on any atom is -0.308 e. The highest BCUT2D eigenvalue weighted by atomic mass is 32.2. The first-order valence-corrected chi connectivity index (χ1v) is 6.22. The monoisotopic (exact) mass is 254 g/mol. The molecule has 7 heteroatoms. The molecule has 6 nitrogen and oxygen atoms in total. The number of aryl methyl sites for hydroxylation is 2. The van der Waals surface area contributed by atoms with Crippen LogP contribution in [0.25, 0.3) is 11.2 Å². The van der Waals surface area contributed by atoms with Crippen LogP contribution in [0.3, 0.4) is 0 Å². The summed E-state index contributed by atoms with van der Waals surface area (Å²) in [5.74, 6) is 0.866. The molecule has 0 unspecified atom stereocenters. The van der Waals surface area contributed by atoms with Crippen molar-refractivity contribution in [3.63, 3.8) is 0 Å². The van der Waals surface area contributed by atoms with Gasteiger partial charge in [0.05, 0.1) is 0 Å². The van der Waals surface area contributed by atoms with Gasteiger partial charge in [-0.2, -0.15) is 0 Å². The van der Waals surface area contributed by atoms with E-state index < -0.39 is 0 Å². The van der Waals surface area contributed by atoms with Crippen molar-refractivity contribution in [2.75, 3.05) is 5.75 Å². The second-order valence-electron chi connectivity index (χ2n) is 3.76. The van der Waals surface area contributed by atoms with E-state index in [1.165, 1.54) is 11.6 Å². The van der Waals surface area contributed by atoms with Crippen molar-refractivity contribution in [3.05, 3.63) is 20.8 Å². The zero-order chi connectivity index (χ0) is 12.7. The number of fused-ring (bicyclic) bond motifs is 1. The zero-order valence-corrected chi connectivity index (χ0v) is 11.0. The molecule has 2 aromatic heterocycles. The molecular weight excluding hydrogens is 240 g/mol. The van der Waals surface area contributed by atoms with Gasteiger partial charge in [0, 0.05) is 21.1 Å². The van der Waals surface area contributed by atoms with Crippen molar-refractivity contribution >= 4 is 22.9 Å². The molecule has 0 amide bonds. The molecule has 0 radical (unpaired) electrons. The average Bonchev–Trinajstić information content (AvgIpc) is 2.62. The fourth-order valence-corrected chi connectivity index (χ4v) is 2.51. The minimum atomic E-state index is -0.346. The third-order valence-corrected chi connectivity index (χ3v) is 3.61. The Morgan fingerprint density at radius 3 is 2.35 bits per heavy atom. The molecule has 0 aliphatic carbocycles. The molecule has 0 N–H and O–H groups in total.